The minimum absolute atomic E-state index is 0.0831. The molecule has 0 amide bonds. The Morgan fingerprint density at radius 3 is 2.52 bits per heavy atom. The van der Waals surface area contributed by atoms with Crippen molar-refractivity contribution in [1.82, 2.24) is 0 Å². The summed E-state index contributed by atoms with van der Waals surface area (Å²) in [5.74, 6) is -0.0831. The van der Waals surface area contributed by atoms with E-state index in [2.05, 4.69) is 0 Å². The molecule has 4 nitrogen and oxygen atoms in total. The Morgan fingerprint density at radius 2 is 2.00 bits per heavy atom. The van der Waals surface area contributed by atoms with Gasteiger partial charge < -0.3 is 4.90 Å². The molecule has 0 aliphatic rings. The van der Waals surface area contributed by atoms with Crippen molar-refractivity contribution in [2.75, 3.05) is 18.2 Å². The van der Waals surface area contributed by atoms with Gasteiger partial charge in [-0.15, -0.1) is 0 Å². The molecule has 0 spiro atoms. The molecule has 112 valence electrons. The first kappa shape index (κ1) is 15.7. The topological polar surface area (TPSA) is 54.5 Å². The molecule has 0 bridgehead atoms. The van der Waals surface area contributed by atoms with Crippen LogP contribution < -0.4 is 4.90 Å². The summed E-state index contributed by atoms with van der Waals surface area (Å²) >= 11 is 1.60. The minimum Gasteiger partial charge on any atom is -0.369 e. The lowest BCUT2D eigenvalue weighted by atomic mass is 10.1. The van der Waals surface area contributed by atoms with Gasteiger partial charge in [0, 0.05) is 25.4 Å². The number of carbonyl (C=O) groups is 1. The summed E-state index contributed by atoms with van der Waals surface area (Å²) in [4.78, 5) is 13.6. The fourth-order valence-corrected chi connectivity index (χ4v) is 3.66. The zero-order valence-electron chi connectivity index (χ0n) is 12.2. The fourth-order valence-electron chi connectivity index (χ4n) is 2.09. The van der Waals surface area contributed by atoms with Crippen molar-refractivity contribution in [2.45, 2.75) is 18.4 Å². The molecule has 2 rings (SSSR count). The van der Waals surface area contributed by atoms with E-state index >= 15 is 0 Å². The van der Waals surface area contributed by atoms with E-state index in [9.17, 15) is 13.2 Å². The highest BCUT2D eigenvalue weighted by atomic mass is 32.2. The first-order valence-corrected chi connectivity index (χ1v) is 9.19. The van der Waals surface area contributed by atoms with Gasteiger partial charge in [0.05, 0.1) is 10.6 Å². The van der Waals surface area contributed by atoms with E-state index in [0.29, 0.717) is 17.8 Å². The number of Topliss-reactive ketones (excluding diaryl/α,β-unsaturated/α-hetero) is 1. The van der Waals surface area contributed by atoms with Gasteiger partial charge in [-0.05, 0) is 47.5 Å². The van der Waals surface area contributed by atoms with E-state index in [4.69, 9.17) is 0 Å². The molecule has 1 aromatic heterocycles. The highest BCUT2D eigenvalue weighted by molar-refractivity contribution is 7.90. The molecule has 0 aliphatic carbocycles. The minimum atomic E-state index is -3.35. The SMILES string of the molecule is CC(=O)c1ccc(S(C)(=O)=O)c(N(C)Cc2ccsc2)c1. The molecule has 0 saturated heterocycles. The predicted molar refractivity (Wildman–Crippen MR) is 86.0 cm³/mol. The van der Waals surface area contributed by atoms with Crippen LogP contribution in [-0.4, -0.2) is 27.5 Å². The van der Waals surface area contributed by atoms with Crippen molar-refractivity contribution in [3.05, 3.63) is 46.2 Å². The zero-order chi connectivity index (χ0) is 15.6. The van der Waals surface area contributed by atoms with Gasteiger partial charge in [-0.3, -0.25) is 4.79 Å². The third-order valence-corrected chi connectivity index (χ3v) is 5.05. The molecule has 0 unspecified atom stereocenters. The first-order chi connectivity index (χ1) is 9.79. The van der Waals surface area contributed by atoms with Gasteiger partial charge in [0.2, 0.25) is 0 Å². The monoisotopic (exact) mass is 323 g/mol. The molecule has 1 heterocycles. The summed E-state index contributed by atoms with van der Waals surface area (Å²) in [5, 5.41) is 4.00. The van der Waals surface area contributed by atoms with Crippen molar-refractivity contribution in [2.24, 2.45) is 0 Å². The van der Waals surface area contributed by atoms with Gasteiger partial charge in [0.25, 0.3) is 0 Å². The van der Waals surface area contributed by atoms with Gasteiger partial charge in [0.15, 0.2) is 15.6 Å². The number of ketones is 1. The Hall–Kier alpha value is -1.66. The lowest BCUT2D eigenvalue weighted by Crippen LogP contribution is -2.19. The normalized spacial score (nSPS) is 11.4. The van der Waals surface area contributed by atoms with Crippen LogP contribution in [-0.2, 0) is 16.4 Å². The molecule has 2 aromatic rings. The van der Waals surface area contributed by atoms with Crippen LogP contribution in [0.2, 0.25) is 0 Å². The molecule has 0 radical (unpaired) electrons. The van der Waals surface area contributed by atoms with Gasteiger partial charge in [-0.25, -0.2) is 8.42 Å². The van der Waals surface area contributed by atoms with E-state index in [1.807, 2.05) is 28.8 Å². The molecule has 21 heavy (non-hydrogen) atoms. The average molecular weight is 323 g/mol. The lowest BCUT2D eigenvalue weighted by molar-refractivity contribution is 0.101. The standard InChI is InChI=1S/C15H17NO3S2/c1-11(17)13-4-5-15(21(3,18)19)14(8-13)16(2)9-12-6-7-20-10-12/h4-8,10H,9H2,1-3H3. The predicted octanol–water partition coefficient (Wildman–Crippen LogP) is 2.99. The van der Waals surface area contributed by atoms with Crippen molar-refractivity contribution in [3.8, 4) is 0 Å². The second kappa shape index (κ2) is 5.99. The van der Waals surface area contributed by atoms with Gasteiger partial charge >= 0.3 is 0 Å². The van der Waals surface area contributed by atoms with Crippen LogP contribution in [0.3, 0.4) is 0 Å². The number of hydrogen-bond acceptors (Lipinski definition) is 5. The van der Waals surface area contributed by atoms with Crippen LogP contribution in [0, 0.1) is 0 Å². The molecule has 0 saturated carbocycles. The molecule has 0 atom stereocenters. The van der Waals surface area contributed by atoms with Crippen molar-refractivity contribution in [1.29, 1.82) is 0 Å². The number of rotatable bonds is 5. The van der Waals surface area contributed by atoms with Crippen molar-refractivity contribution >= 4 is 32.6 Å². The number of anilines is 1. The third-order valence-electron chi connectivity index (χ3n) is 3.18. The highest BCUT2D eigenvalue weighted by Gasteiger charge is 2.18. The Morgan fingerprint density at radius 1 is 1.29 bits per heavy atom. The fraction of sp³-hybridized carbons (Fsp3) is 0.267. The van der Waals surface area contributed by atoms with E-state index in [1.165, 1.54) is 19.2 Å². The number of nitrogens with zero attached hydrogens (tertiary/aromatic N) is 1. The van der Waals surface area contributed by atoms with Gasteiger partial charge in [-0.1, -0.05) is 0 Å². The number of benzene rings is 1. The number of sulfone groups is 1. The summed E-state index contributed by atoms with van der Waals surface area (Å²) in [5.41, 5.74) is 2.17. The zero-order valence-corrected chi connectivity index (χ0v) is 13.8. The van der Waals surface area contributed by atoms with Crippen LogP contribution in [0.25, 0.3) is 0 Å². The number of thiophene rings is 1. The Bertz CT molecular complexity index is 749. The Kier molecular flexibility index (Phi) is 4.49. The number of carbonyl (C=O) groups excluding carboxylic acids is 1. The first-order valence-electron chi connectivity index (χ1n) is 6.36. The van der Waals surface area contributed by atoms with E-state index in [-0.39, 0.29) is 10.7 Å². The molecule has 1 aromatic carbocycles. The second-order valence-corrected chi connectivity index (χ2v) is 7.76. The summed E-state index contributed by atoms with van der Waals surface area (Å²) in [6, 6.07) is 6.70. The van der Waals surface area contributed by atoms with Crippen LogP contribution in [0.1, 0.15) is 22.8 Å². The van der Waals surface area contributed by atoms with Gasteiger partial charge in [-0.2, -0.15) is 11.3 Å². The largest absolute Gasteiger partial charge is 0.369 e. The lowest BCUT2D eigenvalue weighted by Gasteiger charge is -2.22. The van der Waals surface area contributed by atoms with Crippen LogP contribution in [0.4, 0.5) is 5.69 Å². The summed E-state index contributed by atoms with van der Waals surface area (Å²) in [6.45, 7) is 2.06. The molecule has 0 fully saturated rings. The highest BCUT2D eigenvalue weighted by Crippen LogP contribution is 2.27. The van der Waals surface area contributed by atoms with E-state index in [0.717, 1.165) is 5.56 Å². The Balaban J connectivity index is 2.47. The van der Waals surface area contributed by atoms with Gasteiger partial charge in [0.1, 0.15) is 0 Å². The third kappa shape index (κ3) is 3.71. The smallest absolute Gasteiger partial charge is 0.177 e. The average Bonchev–Trinajstić information content (AvgIpc) is 2.89. The van der Waals surface area contributed by atoms with Crippen LogP contribution in [0.15, 0.2) is 39.9 Å². The molecule has 0 N–H and O–H groups in total. The second-order valence-electron chi connectivity index (χ2n) is 5.00. The van der Waals surface area contributed by atoms with Crippen LogP contribution >= 0.6 is 11.3 Å². The van der Waals surface area contributed by atoms with E-state index in [1.54, 1.807) is 23.5 Å². The molecule has 0 aliphatic heterocycles. The molecular formula is C15H17NO3S2. The summed E-state index contributed by atoms with van der Waals surface area (Å²) in [6.07, 6.45) is 1.18. The molecular weight excluding hydrogens is 306 g/mol. The Labute approximate surface area is 129 Å². The van der Waals surface area contributed by atoms with Crippen molar-refractivity contribution in [3.63, 3.8) is 0 Å². The molecule has 6 heteroatoms. The summed E-state index contributed by atoms with van der Waals surface area (Å²) in [7, 11) is -1.53. The quantitative estimate of drug-likeness (QED) is 0.794. The van der Waals surface area contributed by atoms with E-state index < -0.39 is 9.84 Å². The van der Waals surface area contributed by atoms with Crippen LogP contribution in [0.5, 0.6) is 0 Å². The maximum atomic E-state index is 11.9. The van der Waals surface area contributed by atoms with Crippen molar-refractivity contribution < 1.29 is 13.2 Å². The number of hydrogen-bond donors (Lipinski definition) is 0. The maximum absolute atomic E-state index is 11.9. The summed E-state index contributed by atoms with van der Waals surface area (Å²) < 4.78 is 23.9. The maximum Gasteiger partial charge on any atom is 0.177 e.